The summed E-state index contributed by atoms with van der Waals surface area (Å²) in [5, 5.41) is 3.03. The topological polar surface area (TPSA) is 21.3 Å². The molecular formula is C12H13F4NO. The fraction of sp³-hybridized carbons (Fsp3) is 0.500. The zero-order chi connectivity index (χ0) is 13.1. The maximum atomic E-state index is 13.2. The van der Waals surface area contributed by atoms with Crippen molar-refractivity contribution < 1.29 is 22.3 Å². The second-order valence-corrected chi connectivity index (χ2v) is 4.29. The molecule has 1 aromatic rings. The minimum Gasteiger partial charge on any atom is -0.486 e. The van der Waals surface area contributed by atoms with Gasteiger partial charge in [0.2, 0.25) is 11.6 Å². The first-order valence-electron chi connectivity index (χ1n) is 5.76. The van der Waals surface area contributed by atoms with Crippen molar-refractivity contribution in [1.29, 1.82) is 0 Å². The van der Waals surface area contributed by atoms with Gasteiger partial charge in [-0.3, -0.25) is 0 Å². The Morgan fingerprint density at radius 1 is 1.11 bits per heavy atom. The molecule has 2 nitrogen and oxygen atoms in total. The Bertz CT molecular complexity index is 408. The summed E-state index contributed by atoms with van der Waals surface area (Å²) in [5.41, 5.74) is 0. The van der Waals surface area contributed by atoms with E-state index in [1.54, 1.807) is 0 Å². The van der Waals surface area contributed by atoms with E-state index in [-0.39, 0.29) is 12.7 Å². The first-order valence-corrected chi connectivity index (χ1v) is 5.76. The molecule has 1 N–H and O–H groups in total. The summed E-state index contributed by atoms with van der Waals surface area (Å²) in [6.07, 6.45) is 2.37. The normalized spacial score (nSPS) is 14.9. The molecule has 1 saturated carbocycles. The van der Waals surface area contributed by atoms with Crippen LogP contribution in [-0.2, 0) is 0 Å². The molecule has 0 aromatic heterocycles. The van der Waals surface area contributed by atoms with Crippen LogP contribution < -0.4 is 10.1 Å². The first-order chi connectivity index (χ1) is 8.59. The Labute approximate surface area is 102 Å². The van der Waals surface area contributed by atoms with E-state index >= 15 is 0 Å². The van der Waals surface area contributed by atoms with Gasteiger partial charge in [0, 0.05) is 12.6 Å². The summed E-state index contributed by atoms with van der Waals surface area (Å²) in [5.74, 6) is -6.26. The van der Waals surface area contributed by atoms with Gasteiger partial charge in [-0.1, -0.05) is 0 Å². The number of hydrogen-bond acceptors (Lipinski definition) is 2. The van der Waals surface area contributed by atoms with E-state index < -0.39 is 29.0 Å². The number of halogens is 4. The van der Waals surface area contributed by atoms with Crippen LogP contribution in [0.2, 0.25) is 0 Å². The van der Waals surface area contributed by atoms with Crippen molar-refractivity contribution in [2.24, 2.45) is 5.92 Å². The van der Waals surface area contributed by atoms with E-state index in [0.717, 1.165) is 6.54 Å². The summed E-state index contributed by atoms with van der Waals surface area (Å²) >= 11 is 0. The van der Waals surface area contributed by atoms with Gasteiger partial charge in [-0.05, 0) is 25.3 Å². The molecule has 0 aliphatic heterocycles. The molecule has 0 bridgehead atoms. The molecule has 1 aliphatic carbocycles. The van der Waals surface area contributed by atoms with E-state index in [1.165, 1.54) is 12.8 Å². The average molecular weight is 263 g/mol. The fourth-order valence-electron chi connectivity index (χ4n) is 1.53. The van der Waals surface area contributed by atoms with Gasteiger partial charge in [0.25, 0.3) is 0 Å². The van der Waals surface area contributed by atoms with Crippen molar-refractivity contribution in [1.82, 2.24) is 5.32 Å². The smallest absolute Gasteiger partial charge is 0.203 e. The monoisotopic (exact) mass is 263 g/mol. The predicted molar refractivity (Wildman–Crippen MR) is 57.4 cm³/mol. The highest BCUT2D eigenvalue weighted by molar-refractivity contribution is 5.28. The fourth-order valence-corrected chi connectivity index (χ4v) is 1.53. The van der Waals surface area contributed by atoms with Crippen molar-refractivity contribution in [2.75, 3.05) is 19.7 Å². The zero-order valence-corrected chi connectivity index (χ0v) is 9.61. The molecule has 6 heteroatoms. The molecule has 1 aromatic carbocycles. The highest BCUT2D eigenvalue weighted by atomic mass is 19.2. The minimum absolute atomic E-state index is 0.0521. The molecule has 100 valence electrons. The van der Waals surface area contributed by atoms with Crippen LogP contribution in [0, 0.1) is 29.2 Å². The molecule has 18 heavy (non-hydrogen) atoms. The summed E-state index contributed by atoms with van der Waals surface area (Å²) in [6.45, 7) is 1.14. The SMILES string of the molecule is Fc1cc(F)c(F)c(OCCNCC2CC2)c1F. The number of ether oxygens (including phenoxy) is 1. The Kier molecular flexibility index (Phi) is 4.06. The van der Waals surface area contributed by atoms with Gasteiger partial charge in [0.05, 0.1) is 0 Å². The number of rotatable bonds is 6. The quantitative estimate of drug-likeness (QED) is 0.484. The van der Waals surface area contributed by atoms with Gasteiger partial charge in [0.1, 0.15) is 6.61 Å². The molecule has 0 atom stereocenters. The Morgan fingerprint density at radius 2 is 1.72 bits per heavy atom. The number of hydrogen-bond donors (Lipinski definition) is 1. The maximum absolute atomic E-state index is 13.2. The summed E-state index contributed by atoms with van der Waals surface area (Å²) in [7, 11) is 0. The Hall–Kier alpha value is -1.30. The molecule has 2 rings (SSSR count). The first kappa shape index (κ1) is 13.1. The Morgan fingerprint density at radius 3 is 2.28 bits per heavy atom. The average Bonchev–Trinajstić information content (AvgIpc) is 3.14. The van der Waals surface area contributed by atoms with Crippen LogP contribution in [0.5, 0.6) is 5.75 Å². The lowest BCUT2D eigenvalue weighted by atomic mass is 10.3. The van der Waals surface area contributed by atoms with Crippen molar-refractivity contribution >= 4 is 0 Å². The van der Waals surface area contributed by atoms with Crippen molar-refractivity contribution in [2.45, 2.75) is 12.8 Å². The Balaban J connectivity index is 1.87. The molecule has 1 fully saturated rings. The molecule has 0 saturated heterocycles. The van der Waals surface area contributed by atoms with E-state index in [0.29, 0.717) is 12.5 Å². The lowest BCUT2D eigenvalue weighted by molar-refractivity contribution is 0.270. The van der Waals surface area contributed by atoms with E-state index in [4.69, 9.17) is 4.74 Å². The largest absolute Gasteiger partial charge is 0.486 e. The van der Waals surface area contributed by atoms with Crippen LogP contribution in [0.4, 0.5) is 17.6 Å². The predicted octanol–water partition coefficient (Wildman–Crippen LogP) is 2.62. The van der Waals surface area contributed by atoms with Crippen LogP contribution in [0.25, 0.3) is 0 Å². The van der Waals surface area contributed by atoms with E-state index in [2.05, 4.69) is 5.32 Å². The number of nitrogens with one attached hydrogen (secondary N) is 1. The van der Waals surface area contributed by atoms with E-state index in [9.17, 15) is 17.6 Å². The van der Waals surface area contributed by atoms with Gasteiger partial charge >= 0.3 is 0 Å². The van der Waals surface area contributed by atoms with Crippen molar-refractivity contribution in [3.63, 3.8) is 0 Å². The lowest BCUT2D eigenvalue weighted by Crippen LogP contribution is -2.23. The van der Waals surface area contributed by atoms with Gasteiger partial charge in [-0.15, -0.1) is 0 Å². The van der Waals surface area contributed by atoms with Crippen LogP contribution in [0.1, 0.15) is 12.8 Å². The third-order valence-corrected chi connectivity index (χ3v) is 2.73. The van der Waals surface area contributed by atoms with Gasteiger partial charge in [0.15, 0.2) is 17.4 Å². The molecule has 0 spiro atoms. The molecule has 0 amide bonds. The summed E-state index contributed by atoms with van der Waals surface area (Å²) in [4.78, 5) is 0. The van der Waals surface area contributed by atoms with Crippen molar-refractivity contribution in [3.8, 4) is 5.75 Å². The summed E-state index contributed by atoms with van der Waals surface area (Å²) in [6, 6.07) is 0.156. The van der Waals surface area contributed by atoms with Crippen LogP contribution in [0.3, 0.4) is 0 Å². The number of benzene rings is 1. The second kappa shape index (κ2) is 5.56. The minimum atomic E-state index is -1.50. The van der Waals surface area contributed by atoms with Gasteiger partial charge in [-0.25, -0.2) is 8.78 Å². The third-order valence-electron chi connectivity index (χ3n) is 2.73. The molecule has 0 radical (unpaired) electrons. The molecule has 1 aliphatic rings. The molecule has 0 heterocycles. The second-order valence-electron chi connectivity index (χ2n) is 4.29. The van der Waals surface area contributed by atoms with Gasteiger partial charge < -0.3 is 10.1 Å². The van der Waals surface area contributed by atoms with E-state index in [1.807, 2.05) is 0 Å². The highest BCUT2D eigenvalue weighted by Gasteiger charge is 2.21. The highest BCUT2D eigenvalue weighted by Crippen LogP contribution is 2.28. The van der Waals surface area contributed by atoms with Crippen LogP contribution >= 0.6 is 0 Å². The van der Waals surface area contributed by atoms with Crippen molar-refractivity contribution in [3.05, 3.63) is 29.3 Å². The third kappa shape index (κ3) is 3.13. The molecule has 0 unspecified atom stereocenters. The maximum Gasteiger partial charge on any atom is 0.203 e. The summed E-state index contributed by atoms with van der Waals surface area (Å²) < 4.78 is 56.7. The lowest BCUT2D eigenvalue weighted by Gasteiger charge is -2.09. The van der Waals surface area contributed by atoms with Crippen LogP contribution in [0.15, 0.2) is 6.07 Å². The van der Waals surface area contributed by atoms with Gasteiger partial charge in [-0.2, -0.15) is 8.78 Å². The zero-order valence-electron chi connectivity index (χ0n) is 9.61. The van der Waals surface area contributed by atoms with Crippen LogP contribution in [-0.4, -0.2) is 19.7 Å². The standard InChI is InChI=1S/C12H13F4NO/c13-8-5-9(14)11(16)12(10(8)15)18-4-3-17-6-7-1-2-7/h5,7,17H,1-4,6H2. The molecular weight excluding hydrogens is 250 g/mol.